The van der Waals surface area contributed by atoms with Gasteiger partial charge < -0.3 is 10.4 Å². The van der Waals surface area contributed by atoms with Crippen molar-refractivity contribution in [3.05, 3.63) is 20.8 Å². The number of nitrogens with one attached hydrogen (secondary N) is 1. The van der Waals surface area contributed by atoms with Gasteiger partial charge in [0.2, 0.25) is 0 Å². The van der Waals surface area contributed by atoms with Gasteiger partial charge in [0.1, 0.15) is 0 Å². The number of thioether (sulfide) groups is 1. The Morgan fingerprint density at radius 3 is 2.76 bits per heavy atom. The Balaban J connectivity index is 1.87. The summed E-state index contributed by atoms with van der Waals surface area (Å²) in [7, 11) is 0. The van der Waals surface area contributed by atoms with Crippen LogP contribution in [-0.2, 0) is 0 Å². The van der Waals surface area contributed by atoms with E-state index in [1.807, 2.05) is 17.8 Å². The van der Waals surface area contributed by atoms with Crippen molar-refractivity contribution in [1.29, 1.82) is 0 Å². The molecule has 0 spiro atoms. The van der Waals surface area contributed by atoms with Crippen LogP contribution in [0.3, 0.4) is 0 Å². The molecule has 2 N–H and O–H groups in total. The van der Waals surface area contributed by atoms with E-state index in [0.29, 0.717) is 11.4 Å². The van der Waals surface area contributed by atoms with Crippen molar-refractivity contribution in [1.82, 2.24) is 5.32 Å². The standard InChI is InChI=1S/C11H14BrNO2S2/c12-9-2-1-8(17-9)10(14)13-7-11(15)3-5-16-6-4-11/h1-2,15H,3-7H2,(H,13,14). The predicted octanol–water partition coefficient (Wildman–Crippen LogP) is 2.50. The largest absolute Gasteiger partial charge is 0.388 e. The Bertz CT molecular complexity index is 402. The number of hydrogen-bond acceptors (Lipinski definition) is 4. The van der Waals surface area contributed by atoms with E-state index < -0.39 is 5.60 Å². The minimum atomic E-state index is -0.713. The molecule has 2 heterocycles. The van der Waals surface area contributed by atoms with Crippen molar-refractivity contribution >= 4 is 44.9 Å². The number of carbonyl (C=O) groups is 1. The summed E-state index contributed by atoms with van der Waals surface area (Å²) >= 11 is 6.58. The molecule has 0 aromatic carbocycles. The SMILES string of the molecule is O=C(NCC1(O)CCSCC1)c1ccc(Br)s1. The monoisotopic (exact) mass is 335 g/mol. The zero-order valence-corrected chi connectivity index (χ0v) is 12.5. The van der Waals surface area contributed by atoms with Crippen LogP contribution in [0.5, 0.6) is 0 Å². The van der Waals surface area contributed by atoms with Gasteiger partial charge in [-0.2, -0.15) is 11.8 Å². The van der Waals surface area contributed by atoms with Crippen molar-refractivity contribution in [2.75, 3.05) is 18.1 Å². The second-order valence-electron chi connectivity index (χ2n) is 4.12. The van der Waals surface area contributed by atoms with Crippen LogP contribution in [0.2, 0.25) is 0 Å². The average Bonchev–Trinajstić information content (AvgIpc) is 2.74. The van der Waals surface area contributed by atoms with Crippen molar-refractivity contribution in [3.63, 3.8) is 0 Å². The summed E-state index contributed by atoms with van der Waals surface area (Å²) in [6, 6.07) is 3.64. The number of aliphatic hydroxyl groups is 1. The minimum Gasteiger partial charge on any atom is -0.388 e. The van der Waals surface area contributed by atoms with Gasteiger partial charge in [0, 0.05) is 6.54 Å². The van der Waals surface area contributed by atoms with Gasteiger partial charge in [-0.05, 0) is 52.4 Å². The highest BCUT2D eigenvalue weighted by molar-refractivity contribution is 9.11. The molecule has 17 heavy (non-hydrogen) atoms. The lowest BCUT2D eigenvalue weighted by atomic mass is 9.97. The molecule has 1 aliphatic rings. The molecule has 1 aliphatic heterocycles. The van der Waals surface area contributed by atoms with Crippen LogP contribution in [0, 0.1) is 0 Å². The Morgan fingerprint density at radius 1 is 1.47 bits per heavy atom. The van der Waals surface area contributed by atoms with Gasteiger partial charge >= 0.3 is 0 Å². The fourth-order valence-electron chi connectivity index (χ4n) is 1.70. The molecule has 1 aromatic rings. The van der Waals surface area contributed by atoms with E-state index in [-0.39, 0.29) is 5.91 Å². The molecule has 3 nitrogen and oxygen atoms in total. The third-order valence-corrected chi connectivity index (χ3v) is 5.41. The number of thiophene rings is 1. The predicted molar refractivity (Wildman–Crippen MR) is 75.9 cm³/mol. The summed E-state index contributed by atoms with van der Waals surface area (Å²) in [4.78, 5) is 12.5. The van der Waals surface area contributed by atoms with Gasteiger partial charge in [-0.15, -0.1) is 11.3 Å². The highest BCUT2D eigenvalue weighted by Crippen LogP contribution is 2.26. The van der Waals surface area contributed by atoms with Crippen molar-refractivity contribution in [3.8, 4) is 0 Å². The normalized spacial score (nSPS) is 18.9. The van der Waals surface area contributed by atoms with E-state index in [2.05, 4.69) is 21.2 Å². The summed E-state index contributed by atoms with van der Waals surface area (Å²) in [6.07, 6.45) is 1.51. The first-order valence-electron chi connectivity index (χ1n) is 5.43. The van der Waals surface area contributed by atoms with Gasteiger partial charge in [0.15, 0.2) is 0 Å². The lowest BCUT2D eigenvalue weighted by Crippen LogP contribution is -2.45. The number of halogens is 1. The molecular formula is C11H14BrNO2S2. The Labute approximate surface area is 117 Å². The fourth-order valence-corrected chi connectivity index (χ4v) is 4.25. The molecule has 0 atom stereocenters. The van der Waals surface area contributed by atoms with Crippen molar-refractivity contribution in [2.45, 2.75) is 18.4 Å². The number of rotatable bonds is 3. The van der Waals surface area contributed by atoms with Crippen LogP contribution in [0.4, 0.5) is 0 Å². The molecule has 0 saturated carbocycles. The summed E-state index contributed by atoms with van der Waals surface area (Å²) < 4.78 is 0.940. The maximum atomic E-state index is 11.8. The maximum absolute atomic E-state index is 11.8. The first kappa shape index (κ1) is 13.4. The average molecular weight is 336 g/mol. The van der Waals surface area contributed by atoms with Crippen LogP contribution in [0.1, 0.15) is 22.5 Å². The highest BCUT2D eigenvalue weighted by atomic mass is 79.9. The van der Waals surface area contributed by atoms with Crippen LogP contribution in [0.25, 0.3) is 0 Å². The first-order chi connectivity index (χ1) is 8.09. The van der Waals surface area contributed by atoms with Gasteiger partial charge in [-0.25, -0.2) is 0 Å². The van der Waals surface area contributed by atoms with Crippen LogP contribution in [-0.4, -0.2) is 34.7 Å². The molecule has 2 rings (SSSR count). The molecule has 1 amide bonds. The van der Waals surface area contributed by atoms with Gasteiger partial charge in [0.25, 0.3) is 5.91 Å². The smallest absolute Gasteiger partial charge is 0.261 e. The molecule has 0 bridgehead atoms. The fraction of sp³-hybridized carbons (Fsp3) is 0.545. The summed E-state index contributed by atoms with van der Waals surface area (Å²) in [5, 5.41) is 13.1. The molecule has 0 unspecified atom stereocenters. The van der Waals surface area contributed by atoms with Crippen molar-refractivity contribution < 1.29 is 9.90 Å². The minimum absolute atomic E-state index is 0.104. The zero-order valence-electron chi connectivity index (χ0n) is 9.24. The second kappa shape index (κ2) is 5.73. The van der Waals surface area contributed by atoms with E-state index in [1.54, 1.807) is 6.07 Å². The molecule has 94 valence electrons. The Kier molecular flexibility index (Phi) is 4.52. The van der Waals surface area contributed by atoms with Crippen LogP contribution in [0.15, 0.2) is 15.9 Å². The summed E-state index contributed by atoms with van der Waals surface area (Å²) in [5.41, 5.74) is -0.713. The van der Waals surface area contributed by atoms with Crippen LogP contribution >= 0.6 is 39.0 Å². The van der Waals surface area contributed by atoms with E-state index in [1.165, 1.54) is 11.3 Å². The quantitative estimate of drug-likeness (QED) is 0.892. The van der Waals surface area contributed by atoms with E-state index >= 15 is 0 Å². The first-order valence-corrected chi connectivity index (χ1v) is 8.19. The van der Waals surface area contributed by atoms with Gasteiger partial charge in [0.05, 0.1) is 14.3 Å². The number of amides is 1. The second-order valence-corrected chi connectivity index (χ2v) is 7.81. The lowest BCUT2D eigenvalue weighted by Gasteiger charge is -2.31. The summed E-state index contributed by atoms with van der Waals surface area (Å²) in [6.45, 7) is 0.349. The molecule has 1 aromatic heterocycles. The molecular weight excluding hydrogens is 322 g/mol. The number of carbonyl (C=O) groups excluding carboxylic acids is 1. The lowest BCUT2D eigenvalue weighted by molar-refractivity contribution is 0.0312. The van der Waals surface area contributed by atoms with Crippen LogP contribution < -0.4 is 5.32 Å². The van der Waals surface area contributed by atoms with Gasteiger partial charge in [-0.3, -0.25) is 4.79 Å². The molecule has 0 radical (unpaired) electrons. The number of hydrogen-bond donors (Lipinski definition) is 2. The maximum Gasteiger partial charge on any atom is 0.261 e. The third-order valence-electron chi connectivity index (χ3n) is 2.80. The zero-order chi connectivity index (χ0) is 12.3. The molecule has 6 heteroatoms. The highest BCUT2D eigenvalue weighted by Gasteiger charge is 2.29. The topological polar surface area (TPSA) is 49.3 Å². The van der Waals surface area contributed by atoms with E-state index in [4.69, 9.17) is 0 Å². The Morgan fingerprint density at radius 2 is 2.18 bits per heavy atom. The molecule has 1 fully saturated rings. The van der Waals surface area contributed by atoms with E-state index in [9.17, 15) is 9.90 Å². The Hall–Kier alpha value is -0.0400. The van der Waals surface area contributed by atoms with E-state index in [0.717, 1.165) is 28.1 Å². The van der Waals surface area contributed by atoms with Crippen molar-refractivity contribution in [2.24, 2.45) is 0 Å². The summed E-state index contributed by atoms with van der Waals surface area (Å²) in [5.74, 6) is 1.83. The molecule has 0 aliphatic carbocycles. The molecule has 1 saturated heterocycles. The third kappa shape index (κ3) is 3.71. The van der Waals surface area contributed by atoms with Gasteiger partial charge in [-0.1, -0.05) is 0 Å².